The maximum Gasteiger partial charge on any atom is 0.217 e. The third-order valence-electron chi connectivity index (χ3n) is 2.12. The van der Waals surface area contributed by atoms with E-state index in [2.05, 4.69) is 25.9 Å². The van der Waals surface area contributed by atoms with Crippen molar-refractivity contribution in [2.24, 2.45) is 0 Å². The SMILES string of the molecule is COC(C)(C)CCOc1cc(Br)ncn1. The van der Waals surface area contributed by atoms with E-state index in [-0.39, 0.29) is 5.60 Å². The van der Waals surface area contributed by atoms with E-state index in [1.807, 2.05) is 13.8 Å². The normalized spacial score (nSPS) is 11.5. The minimum absolute atomic E-state index is 0.162. The molecule has 0 spiro atoms. The zero-order valence-electron chi connectivity index (χ0n) is 9.16. The van der Waals surface area contributed by atoms with Crippen LogP contribution in [0.1, 0.15) is 20.3 Å². The van der Waals surface area contributed by atoms with Crippen LogP contribution in [-0.4, -0.2) is 29.3 Å². The van der Waals surface area contributed by atoms with E-state index < -0.39 is 0 Å². The van der Waals surface area contributed by atoms with Crippen molar-refractivity contribution < 1.29 is 9.47 Å². The second-order valence-electron chi connectivity index (χ2n) is 3.74. The van der Waals surface area contributed by atoms with Crippen molar-refractivity contribution in [2.45, 2.75) is 25.9 Å². The van der Waals surface area contributed by atoms with Gasteiger partial charge in [0.1, 0.15) is 10.9 Å². The van der Waals surface area contributed by atoms with Crippen LogP contribution in [-0.2, 0) is 4.74 Å². The highest BCUT2D eigenvalue weighted by atomic mass is 79.9. The molecule has 1 aromatic heterocycles. The Morgan fingerprint density at radius 2 is 2.13 bits per heavy atom. The van der Waals surface area contributed by atoms with Crippen LogP contribution >= 0.6 is 15.9 Å². The highest BCUT2D eigenvalue weighted by molar-refractivity contribution is 9.10. The molecule has 0 radical (unpaired) electrons. The van der Waals surface area contributed by atoms with Gasteiger partial charge in [-0.05, 0) is 29.8 Å². The number of rotatable bonds is 5. The van der Waals surface area contributed by atoms with Crippen LogP contribution in [0, 0.1) is 0 Å². The summed E-state index contributed by atoms with van der Waals surface area (Å²) in [6.07, 6.45) is 2.27. The Bertz CT molecular complexity index is 318. The van der Waals surface area contributed by atoms with Crippen LogP contribution in [0.2, 0.25) is 0 Å². The van der Waals surface area contributed by atoms with Gasteiger partial charge in [-0.1, -0.05) is 0 Å². The second-order valence-corrected chi connectivity index (χ2v) is 4.55. The van der Waals surface area contributed by atoms with E-state index in [9.17, 15) is 0 Å². The maximum absolute atomic E-state index is 5.46. The van der Waals surface area contributed by atoms with Crippen LogP contribution in [0.25, 0.3) is 0 Å². The van der Waals surface area contributed by atoms with Crippen LogP contribution in [0.5, 0.6) is 5.88 Å². The molecule has 1 aromatic rings. The van der Waals surface area contributed by atoms with Crippen molar-refractivity contribution in [1.29, 1.82) is 0 Å². The largest absolute Gasteiger partial charge is 0.477 e. The first kappa shape index (κ1) is 12.4. The predicted molar refractivity (Wildman–Crippen MR) is 60.9 cm³/mol. The van der Waals surface area contributed by atoms with E-state index in [0.29, 0.717) is 12.5 Å². The van der Waals surface area contributed by atoms with Crippen molar-refractivity contribution in [3.8, 4) is 5.88 Å². The number of nitrogens with zero attached hydrogens (tertiary/aromatic N) is 2. The van der Waals surface area contributed by atoms with Gasteiger partial charge in [-0.15, -0.1) is 0 Å². The number of hydrogen-bond acceptors (Lipinski definition) is 4. The molecule has 0 aliphatic rings. The van der Waals surface area contributed by atoms with Crippen molar-refractivity contribution in [1.82, 2.24) is 9.97 Å². The molecule has 15 heavy (non-hydrogen) atoms. The van der Waals surface area contributed by atoms with Crippen LogP contribution in [0.4, 0.5) is 0 Å². The topological polar surface area (TPSA) is 44.2 Å². The summed E-state index contributed by atoms with van der Waals surface area (Å²) < 4.78 is 11.5. The Labute approximate surface area is 98.2 Å². The van der Waals surface area contributed by atoms with E-state index in [1.54, 1.807) is 13.2 Å². The van der Waals surface area contributed by atoms with Gasteiger partial charge in [-0.3, -0.25) is 0 Å². The van der Waals surface area contributed by atoms with Crippen molar-refractivity contribution in [3.63, 3.8) is 0 Å². The summed E-state index contributed by atoms with van der Waals surface area (Å²) in [6, 6.07) is 1.74. The summed E-state index contributed by atoms with van der Waals surface area (Å²) in [4.78, 5) is 7.89. The summed E-state index contributed by atoms with van der Waals surface area (Å²) in [5.41, 5.74) is -0.162. The quantitative estimate of drug-likeness (QED) is 0.774. The van der Waals surface area contributed by atoms with Gasteiger partial charge in [0, 0.05) is 19.6 Å². The number of ether oxygens (including phenoxy) is 2. The predicted octanol–water partition coefficient (Wildman–Crippen LogP) is 2.43. The third kappa shape index (κ3) is 4.57. The lowest BCUT2D eigenvalue weighted by atomic mass is 10.1. The highest BCUT2D eigenvalue weighted by Crippen LogP contribution is 2.15. The Morgan fingerprint density at radius 1 is 1.40 bits per heavy atom. The monoisotopic (exact) mass is 274 g/mol. The lowest BCUT2D eigenvalue weighted by Gasteiger charge is -2.22. The molecule has 0 aromatic carbocycles. The molecule has 0 aliphatic carbocycles. The Morgan fingerprint density at radius 3 is 2.73 bits per heavy atom. The number of methoxy groups -OCH3 is 1. The first-order valence-corrected chi connectivity index (χ1v) is 5.48. The summed E-state index contributed by atoms with van der Waals surface area (Å²) in [6.45, 7) is 4.61. The average molecular weight is 275 g/mol. The van der Waals surface area contributed by atoms with E-state index in [4.69, 9.17) is 9.47 Å². The molecule has 0 amide bonds. The number of halogens is 1. The number of aromatic nitrogens is 2. The van der Waals surface area contributed by atoms with Crippen molar-refractivity contribution in [3.05, 3.63) is 17.0 Å². The molecule has 0 bridgehead atoms. The van der Waals surface area contributed by atoms with Gasteiger partial charge in [0.25, 0.3) is 0 Å². The van der Waals surface area contributed by atoms with Gasteiger partial charge in [0.2, 0.25) is 5.88 Å². The molecule has 0 N–H and O–H groups in total. The Kier molecular flexibility index (Phi) is 4.47. The van der Waals surface area contributed by atoms with Gasteiger partial charge in [0.05, 0.1) is 12.2 Å². The van der Waals surface area contributed by atoms with Gasteiger partial charge < -0.3 is 9.47 Å². The summed E-state index contributed by atoms with van der Waals surface area (Å²) in [5.74, 6) is 0.573. The van der Waals surface area contributed by atoms with Crippen molar-refractivity contribution >= 4 is 15.9 Å². The smallest absolute Gasteiger partial charge is 0.217 e. The lowest BCUT2D eigenvalue weighted by Crippen LogP contribution is -2.25. The summed E-state index contributed by atoms with van der Waals surface area (Å²) >= 11 is 3.25. The van der Waals surface area contributed by atoms with Crippen LogP contribution < -0.4 is 4.74 Å². The molecule has 0 saturated heterocycles. The van der Waals surface area contributed by atoms with Gasteiger partial charge in [0.15, 0.2) is 0 Å². The Balaban J connectivity index is 2.38. The molecule has 0 aliphatic heterocycles. The summed E-state index contributed by atoms with van der Waals surface area (Å²) in [7, 11) is 1.70. The van der Waals surface area contributed by atoms with E-state index >= 15 is 0 Å². The molecule has 0 atom stereocenters. The molecular formula is C10H15BrN2O2. The fourth-order valence-electron chi connectivity index (χ4n) is 0.900. The molecule has 1 rings (SSSR count). The fraction of sp³-hybridized carbons (Fsp3) is 0.600. The first-order chi connectivity index (χ1) is 7.03. The van der Waals surface area contributed by atoms with Gasteiger partial charge in [-0.25, -0.2) is 9.97 Å². The van der Waals surface area contributed by atoms with Crippen LogP contribution in [0.15, 0.2) is 17.0 Å². The first-order valence-electron chi connectivity index (χ1n) is 4.69. The van der Waals surface area contributed by atoms with E-state index in [0.717, 1.165) is 11.0 Å². The molecular weight excluding hydrogens is 260 g/mol. The molecule has 1 heterocycles. The zero-order valence-corrected chi connectivity index (χ0v) is 10.7. The molecule has 84 valence electrons. The minimum atomic E-state index is -0.162. The third-order valence-corrected chi connectivity index (χ3v) is 2.55. The van der Waals surface area contributed by atoms with Crippen LogP contribution in [0.3, 0.4) is 0 Å². The molecule has 0 unspecified atom stereocenters. The summed E-state index contributed by atoms with van der Waals surface area (Å²) in [5, 5.41) is 0. The maximum atomic E-state index is 5.46. The molecule has 4 nitrogen and oxygen atoms in total. The molecule has 0 fully saturated rings. The number of hydrogen-bond donors (Lipinski definition) is 0. The molecule has 0 saturated carbocycles. The second kappa shape index (κ2) is 5.42. The minimum Gasteiger partial charge on any atom is -0.477 e. The highest BCUT2D eigenvalue weighted by Gasteiger charge is 2.16. The standard InChI is InChI=1S/C10H15BrN2O2/c1-10(2,14-3)4-5-15-9-6-8(11)12-7-13-9/h6-7H,4-5H2,1-3H3. The average Bonchev–Trinajstić information content (AvgIpc) is 2.18. The van der Waals surface area contributed by atoms with Gasteiger partial charge in [-0.2, -0.15) is 0 Å². The zero-order chi connectivity index (χ0) is 11.3. The van der Waals surface area contributed by atoms with Gasteiger partial charge >= 0.3 is 0 Å². The molecule has 5 heteroatoms. The van der Waals surface area contributed by atoms with E-state index in [1.165, 1.54) is 6.33 Å². The Hall–Kier alpha value is -0.680. The fourth-order valence-corrected chi connectivity index (χ4v) is 1.19. The van der Waals surface area contributed by atoms with Crippen molar-refractivity contribution in [2.75, 3.05) is 13.7 Å². The lowest BCUT2D eigenvalue weighted by molar-refractivity contribution is 0.00507.